The van der Waals surface area contributed by atoms with Gasteiger partial charge < -0.3 is 16.4 Å². The van der Waals surface area contributed by atoms with Crippen LogP contribution < -0.4 is 16.4 Å². The van der Waals surface area contributed by atoms with Gasteiger partial charge in [-0.1, -0.05) is 46.8 Å². The lowest BCUT2D eigenvalue weighted by molar-refractivity contribution is -0.125. The van der Waals surface area contributed by atoms with Crippen molar-refractivity contribution >= 4 is 17.6 Å². The molecule has 7 nitrogen and oxygen atoms in total. The monoisotopic (exact) mass is 385 g/mol. The van der Waals surface area contributed by atoms with E-state index in [0.717, 1.165) is 16.9 Å². The number of nitrogens with one attached hydrogen (secondary N) is 2. The van der Waals surface area contributed by atoms with Gasteiger partial charge in [0.05, 0.1) is 24.0 Å². The Morgan fingerprint density at radius 3 is 2.46 bits per heavy atom. The Morgan fingerprint density at radius 2 is 1.89 bits per heavy atom. The summed E-state index contributed by atoms with van der Waals surface area (Å²) in [4.78, 5) is 24.4. The minimum atomic E-state index is -0.641. The number of hydrogen-bond acceptors (Lipinski definition) is 4. The summed E-state index contributed by atoms with van der Waals surface area (Å²) in [6, 6.07) is 9.11. The molecule has 2 amide bonds. The smallest absolute Gasteiger partial charge is 0.244 e. The summed E-state index contributed by atoms with van der Waals surface area (Å²) in [5.41, 5.74) is 8.44. The van der Waals surface area contributed by atoms with Crippen molar-refractivity contribution in [1.29, 1.82) is 0 Å². The highest BCUT2D eigenvalue weighted by Gasteiger charge is 2.22. The fraction of sp³-hybridized carbons (Fsp3) is 0.476. The van der Waals surface area contributed by atoms with Gasteiger partial charge in [-0.15, -0.1) is 0 Å². The number of carbonyl (C=O) groups excluding carboxylic acids is 2. The molecule has 0 aliphatic rings. The molecule has 1 heterocycles. The Balaban J connectivity index is 2.21. The molecule has 1 aromatic carbocycles. The molecule has 28 heavy (non-hydrogen) atoms. The number of carbonyl (C=O) groups is 2. The van der Waals surface area contributed by atoms with Crippen LogP contribution in [0, 0.1) is 12.8 Å². The van der Waals surface area contributed by atoms with Crippen LogP contribution in [0.1, 0.15) is 45.9 Å². The third-order valence-corrected chi connectivity index (χ3v) is 4.44. The van der Waals surface area contributed by atoms with E-state index in [0.29, 0.717) is 5.82 Å². The van der Waals surface area contributed by atoms with Crippen LogP contribution in [0.4, 0.5) is 5.82 Å². The molecule has 1 aromatic heterocycles. The molecular weight excluding hydrogens is 354 g/mol. The van der Waals surface area contributed by atoms with E-state index >= 15 is 0 Å². The molecule has 0 unspecified atom stereocenters. The van der Waals surface area contributed by atoms with Gasteiger partial charge in [-0.3, -0.25) is 9.59 Å². The van der Waals surface area contributed by atoms with Gasteiger partial charge >= 0.3 is 0 Å². The van der Waals surface area contributed by atoms with E-state index in [4.69, 9.17) is 5.73 Å². The van der Waals surface area contributed by atoms with Gasteiger partial charge in [-0.05, 0) is 30.5 Å². The lowest BCUT2D eigenvalue weighted by Gasteiger charge is -2.15. The predicted octanol–water partition coefficient (Wildman–Crippen LogP) is 2.52. The second-order valence-electron chi connectivity index (χ2n) is 8.45. The van der Waals surface area contributed by atoms with E-state index in [9.17, 15) is 9.59 Å². The van der Waals surface area contributed by atoms with E-state index < -0.39 is 6.04 Å². The van der Waals surface area contributed by atoms with Crippen LogP contribution in [0.25, 0.3) is 5.69 Å². The van der Waals surface area contributed by atoms with Crippen molar-refractivity contribution in [2.45, 2.75) is 53.0 Å². The first-order valence-electron chi connectivity index (χ1n) is 9.49. The van der Waals surface area contributed by atoms with Crippen molar-refractivity contribution in [3.05, 3.63) is 41.6 Å². The molecule has 4 N–H and O–H groups in total. The Hall–Kier alpha value is -2.67. The van der Waals surface area contributed by atoms with Crippen LogP contribution in [-0.4, -0.2) is 34.2 Å². The molecule has 1 atom stereocenters. The zero-order chi connectivity index (χ0) is 21.1. The average Bonchev–Trinajstić information content (AvgIpc) is 3.03. The summed E-state index contributed by atoms with van der Waals surface area (Å²) in [6.45, 7) is 11.8. The van der Waals surface area contributed by atoms with Crippen LogP contribution >= 0.6 is 0 Å². The van der Waals surface area contributed by atoms with Crippen molar-refractivity contribution in [1.82, 2.24) is 15.1 Å². The molecule has 0 aliphatic carbocycles. The van der Waals surface area contributed by atoms with E-state index in [2.05, 4.69) is 36.5 Å². The minimum Gasteiger partial charge on any atom is -0.346 e. The second-order valence-corrected chi connectivity index (χ2v) is 8.45. The Kier molecular flexibility index (Phi) is 6.61. The van der Waals surface area contributed by atoms with Gasteiger partial charge in [0.25, 0.3) is 0 Å². The van der Waals surface area contributed by atoms with Crippen molar-refractivity contribution in [3.8, 4) is 5.69 Å². The Morgan fingerprint density at radius 1 is 1.21 bits per heavy atom. The zero-order valence-electron chi connectivity index (χ0n) is 17.5. The summed E-state index contributed by atoms with van der Waals surface area (Å²) in [5, 5.41) is 10.1. The first kappa shape index (κ1) is 21.6. The Labute approximate surface area is 166 Å². The fourth-order valence-electron chi connectivity index (χ4n) is 2.57. The molecule has 2 aromatic rings. The quantitative estimate of drug-likeness (QED) is 0.711. The fourth-order valence-corrected chi connectivity index (χ4v) is 2.57. The first-order valence-corrected chi connectivity index (χ1v) is 9.49. The van der Waals surface area contributed by atoms with Gasteiger partial charge in [0.15, 0.2) is 0 Å². The van der Waals surface area contributed by atoms with E-state index in [1.54, 1.807) is 4.68 Å². The molecule has 0 saturated heterocycles. The first-order chi connectivity index (χ1) is 13.0. The molecule has 0 spiro atoms. The highest BCUT2D eigenvalue weighted by Crippen LogP contribution is 2.26. The number of aromatic nitrogens is 2. The lowest BCUT2D eigenvalue weighted by Crippen LogP contribution is -2.46. The summed E-state index contributed by atoms with van der Waals surface area (Å²) in [5.74, 6) is -0.116. The van der Waals surface area contributed by atoms with Crippen molar-refractivity contribution in [2.75, 3.05) is 11.9 Å². The molecule has 0 fully saturated rings. The summed E-state index contributed by atoms with van der Waals surface area (Å²) < 4.78 is 1.72. The average molecular weight is 386 g/mol. The summed E-state index contributed by atoms with van der Waals surface area (Å²) in [6.07, 6.45) is 0. The van der Waals surface area contributed by atoms with Crippen molar-refractivity contribution in [3.63, 3.8) is 0 Å². The largest absolute Gasteiger partial charge is 0.346 e. The van der Waals surface area contributed by atoms with E-state index in [1.165, 1.54) is 0 Å². The van der Waals surface area contributed by atoms with Gasteiger partial charge in [-0.25, -0.2) is 4.68 Å². The van der Waals surface area contributed by atoms with Crippen LogP contribution in [0.5, 0.6) is 0 Å². The number of hydrogen-bond donors (Lipinski definition) is 3. The number of amides is 2. The standard InChI is InChI=1S/C21H31N5O2/c1-13(2)19(22)20(28)23-12-18(27)24-17-11-16(21(4,5)6)25-26(17)15-9-7-8-14(3)10-15/h7-11,13,19H,12,22H2,1-6H3,(H,23,28)(H,24,27)/t19-/m0/s1. The third kappa shape index (κ3) is 5.42. The maximum atomic E-state index is 12.4. The van der Waals surface area contributed by atoms with Crippen LogP contribution in [0.2, 0.25) is 0 Å². The van der Waals surface area contributed by atoms with E-state index in [1.807, 2.05) is 51.1 Å². The normalized spacial score (nSPS) is 12.7. The number of aryl methyl sites for hydroxylation is 1. The predicted molar refractivity (Wildman–Crippen MR) is 111 cm³/mol. The van der Waals surface area contributed by atoms with Gasteiger partial charge in [-0.2, -0.15) is 5.10 Å². The minimum absolute atomic E-state index is 0.000146. The van der Waals surface area contributed by atoms with Crippen molar-refractivity contribution < 1.29 is 9.59 Å². The molecule has 0 saturated carbocycles. The van der Waals surface area contributed by atoms with Crippen LogP contribution in [0.15, 0.2) is 30.3 Å². The maximum absolute atomic E-state index is 12.4. The Bertz CT molecular complexity index is 849. The highest BCUT2D eigenvalue weighted by atomic mass is 16.2. The van der Waals surface area contributed by atoms with E-state index in [-0.39, 0.29) is 29.7 Å². The molecule has 152 valence electrons. The summed E-state index contributed by atoms with van der Waals surface area (Å²) in [7, 11) is 0. The maximum Gasteiger partial charge on any atom is 0.244 e. The number of anilines is 1. The number of nitrogens with two attached hydrogens (primary N) is 1. The molecule has 0 bridgehead atoms. The van der Waals surface area contributed by atoms with Gasteiger partial charge in [0.1, 0.15) is 5.82 Å². The molecular formula is C21H31N5O2. The second kappa shape index (κ2) is 8.56. The third-order valence-electron chi connectivity index (χ3n) is 4.44. The zero-order valence-corrected chi connectivity index (χ0v) is 17.5. The number of benzene rings is 1. The highest BCUT2D eigenvalue weighted by molar-refractivity contribution is 5.95. The van der Waals surface area contributed by atoms with Crippen LogP contribution in [0.3, 0.4) is 0 Å². The van der Waals surface area contributed by atoms with Crippen molar-refractivity contribution in [2.24, 2.45) is 11.7 Å². The number of nitrogens with zero attached hydrogens (tertiary/aromatic N) is 2. The van der Waals surface area contributed by atoms with Crippen LogP contribution in [-0.2, 0) is 15.0 Å². The topological polar surface area (TPSA) is 102 Å². The lowest BCUT2D eigenvalue weighted by atomic mass is 9.92. The molecule has 7 heteroatoms. The van der Waals surface area contributed by atoms with Gasteiger partial charge in [0, 0.05) is 11.5 Å². The molecule has 0 radical (unpaired) electrons. The summed E-state index contributed by atoms with van der Waals surface area (Å²) >= 11 is 0. The molecule has 0 aliphatic heterocycles. The number of rotatable bonds is 6. The van der Waals surface area contributed by atoms with Gasteiger partial charge in [0.2, 0.25) is 11.8 Å². The molecule has 2 rings (SSSR count). The SMILES string of the molecule is Cc1cccc(-n2nc(C(C)(C)C)cc2NC(=O)CNC(=O)[C@@H](N)C(C)C)c1.